The van der Waals surface area contributed by atoms with Crippen LogP contribution in [0.3, 0.4) is 0 Å². The molecule has 1 aliphatic heterocycles. The van der Waals surface area contributed by atoms with E-state index in [4.69, 9.17) is 0 Å². The van der Waals surface area contributed by atoms with Gasteiger partial charge in [0, 0.05) is 30.0 Å². The molecule has 2 aromatic rings. The van der Waals surface area contributed by atoms with Gasteiger partial charge in [-0.05, 0) is 11.6 Å². The van der Waals surface area contributed by atoms with Gasteiger partial charge in [-0.25, -0.2) is 0 Å². The number of nitrogens with zero attached hydrogens (tertiary/aromatic N) is 3. The molecule has 0 N–H and O–H groups in total. The summed E-state index contributed by atoms with van der Waals surface area (Å²) in [4.78, 5) is 22.6. The van der Waals surface area contributed by atoms with Gasteiger partial charge in [-0.15, -0.1) is 0 Å². The Bertz CT molecular complexity index is 760. The van der Waals surface area contributed by atoms with E-state index in [2.05, 4.69) is 0 Å². The number of hydroxylamine groups is 1. The van der Waals surface area contributed by atoms with Crippen molar-refractivity contribution in [2.75, 3.05) is 5.06 Å². The maximum absolute atomic E-state index is 12.5. The van der Waals surface area contributed by atoms with Gasteiger partial charge in [0.1, 0.15) is 5.69 Å². The molecule has 0 radical (unpaired) electrons. The molecule has 112 valence electrons. The first-order valence-electron chi connectivity index (χ1n) is 6.70. The number of hydrogen-bond acceptors (Lipinski definition) is 5. The number of non-ortho nitro benzene ring substituents is 1. The van der Waals surface area contributed by atoms with Gasteiger partial charge in [0.25, 0.3) is 17.0 Å². The molecule has 7 heteroatoms. The third kappa shape index (κ3) is 2.03. The van der Waals surface area contributed by atoms with Gasteiger partial charge in [0.15, 0.2) is 0 Å². The van der Waals surface area contributed by atoms with Crippen molar-refractivity contribution in [3.63, 3.8) is 0 Å². The van der Waals surface area contributed by atoms with Crippen LogP contribution in [-0.2, 0) is 6.42 Å². The molecule has 1 unspecified atom stereocenters. The van der Waals surface area contributed by atoms with Crippen molar-refractivity contribution in [3.05, 3.63) is 74.3 Å². The molecular formula is C15H13N3O4. The van der Waals surface area contributed by atoms with E-state index in [1.165, 1.54) is 12.1 Å². The fourth-order valence-electron chi connectivity index (χ4n) is 2.67. The third-order valence-electron chi connectivity index (χ3n) is 3.88. The second-order valence-electron chi connectivity index (χ2n) is 5.39. The topological polar surface area (TPSA) is 89.5 Å². The summed E-state index contributed by atoms with van der Waals surface area (Å²) in [6.07, 6.45) is 0.159. The van der Waals surface area contributed by atoms with E-state index in [0.29, 0.717) is 26.8 Å². The Morgan fingerprint density at radius 3 is 2.41 bits per heavy atom. The molecule has 0 amide bonds. The largest absolute Gasteiger partial charge is 0.753 e. The molecule has 0 saturated heterocycles. The fraction of sp³-hybridized carbons (Fsp3) is 0.200. The average molecular weight is 299 g/mol. The molecule has 1 atom stereocenters. The lowest BCUT2D eigenvalue weighted by atomic mass is 10.0. The first-order valence-corrected chi connectivity index (χ1v) is 6.70. The highest BCUT2D eigenvalue weighted by atomic mass is 16.6. The molecule has 0 fully saturated rings. The van der Waals surface area contributed by atoms with E-state index in [9.17, 15) is 20.2 Å². The standard InChI is InChI=1S/C15H13N3O4/c1-15(10-11-6-8-12(9-7-11)18(21)22)16(19)13-4-2-3-5-14(13)17(15)20/h2-9H,10H2,1H3. The molecular weight excluding hydrogens is 286 g/mol. The molecule has 7 nitrogen and oxygen atoms in total. The summed E-state index contributed by atoms with van der Waals surface area (Å²) in [5.41, 5.74) is 0.0211. The van der Waals surface area contributed by atoms with Crippen LogP contribution in [0.1, 0.15) is 12.5 Å². The minimum absolute atomic E-state index is 0.0263. The molecule has 22 heavy (non-hydrogen) atoms. The van der Waals surface area contributed by atoms with Crippen LogP contribution in [0.4, 0.5) is 17.1 Å². The van der Waals surface area contributed by atoms with Crippen LogP contribution >= 0.6 is 0 Å². The summed E-state index contributed by atoms with van der Waals surface area (Å²) in [6.45, 7) is 1.56. The smallest absolute Gasteiger partial charge is 0.284 e. The van der Waals surface area contributed by atoms with Crippen molar-refractivity contribution in [1.29, 1.82) is 0 Å². The van der Waals surface area contributed by atoms with Gasteiger partial charge in [-0.2, -0.15) is 0 Å². The van der Waals surface area contributed by atoms with Gasteiger partial charge >= 0.3 is 0 Å². The summed E-state index contributed by atoms with van der Waals surface area (Å²) in [5.74, 6) is 0. The van der Waals surface area contributed by atoms with Gasteiger partial charge in [-0.1, -0.05) is 24.3 Å². The Kier molecular flexibility index (Phi) is 3.14. The van der Waals surface area contributed by atoms with E-state index in [0.717, 1.165) is 0 Å². The number of anilines is 1. The highest BCUT2D eigenvalue weighted by molar-refractivity contribution is 5.68. The summed E-state index contributed by atoms with van der Waals surface area (Å²) >= 11 is 0. The predicted molar refractivity (Wildman–Crippen MR) is 80.8 cm³/mol. The highest BCUT2D eigenvalue weighted by Gasteiger charge is 2.51. The number of nitro groups is 1. The SMILES string of the molecule is CC1(Cc2ccc([N+](=O)[O-])cc2)N([O-])c2ccccc2[N+]1=O. The van der Waals surface area contributed by atoms with Crippen LogP contribution in [0, 0.1) is 20.2 Å². The van der Waals surface area contributed by atoms with E-state index in [1.54, 1.807) is 43.3 Å². The quantitative estimate of drug-likeness (QED) is 0.493. The van der Waals surface area contributed by atoms with Crippen LogP contribution in [0.2, 0.25) is 0 Å². The molecule has 0 aromatic heterocycles. The van der Waals surface area contributed by atoms with Crippen molar-refractivity contribution < 1.29 is 9.68 Å². The van der Waals surface area contributed by atoms with Crippen molar-refractivity contribution in [3.8, 4) is 0 Å². The summed E-state index contributed by atoms with van der Waals surface area (Å²) in [5, 5.41) is 23.8. The van der Waals surface area contributed by atoms with E-state index < -0.39 is 10.6 Å². The maximum atomic E-state index is 12.5. The number of para-hydroxylation sites is 2. The number of nitro benzene ring substituents is 1. The number of rotatable bonds is 3. The van der Waals surface area contributed by atoms with Crippen LogP contribution in [0.15, 0.2) is 48.5 Å². The van der Waals surface area contributed by atoms with Crippen LogP contribution in [0.25, 0.3) is 0 Å². The van der Waals surface area contributed by atoms with Crippen molar-refractivity contribution in [2.45, 2.75) is 19.0 Å². The van der Waals surface area contributed by atoms with Crippen LogP contribution in [-0.4, -0.2) is 15.3 Å². The lowest BCUT2D eigenvalue weighted by molar-refractivity contribution is -0.537. The number of hydrogen-bond donors (Lipinski definition) is 0. The van der Waals surface area contributed by atoms with E-state index in [1.807, 2.05) is 0 Å². The molecule has 1 heterocycles. The Morgan fingerprint density at radius 2 is 1.82 bits per heavy atom. The Morgan fingerprint density at radius 1 is 1.18 bits per heavy atom. The van der Waals surface area contributed by atoms with Crippen molar-refractivity contribution in [1.82, 2.24) is 0 Å². The van der Waals surface area contributed by atoms with Crippen LogP contribution < -0.4 is 5.06 Å². The predicted octanol–water partition coefficient (Wildman–Crippen LogP) is 3.28. The minimum Gasteiger partial charge on any atom is -0.753 e. The Labute approximate surface area is 126 Å². The molecule has 2 aromatic carbocycles. The van der Waals surface area contributed by atoms with Gasteiger partial charge in [-0.3, -0.25) is 10.1 Å². The molecule has 0 aliphatic carbocycles. The van der Waals surface area contributed by atoms with Crippen LogP contribution in [0.5, 0.6) is 0 Å². The third-order valence-corrected chi connectivity index (χ3v) is 3.88. The number of benzene rings is 2. The zero-order chi connectivity index (χ0) is 15.9. The Hall–Kier alpha value is -2.80. The van der Waals surface area contributed by atoms with Gasteiger partial charge in [0.05, 0.1) is 16.1 Å². The molecule has 0 bridgehead atoms. The number of nitroso groups, excluding NO2 is 1. The minimum atomic E-state index is -1.31. The molecule has 1 aliphatic rings. The fourth-order valence-corrected chi connectivity index (χ4v) is 2.67. The van der Waals surface area contributed by atoms with Crippen molar-refractivity contribution in [2.24, 2.45) is 0 Å². The van der Waals surface area contributed by atoms with Gasteiger partial charge in [0.2, 0.25) is 0 Å². The molecule has 3 rings (SSSR count). The summed E-state index contributed by atoms with van der Waals surface area (Å²) < 4.78 is 0.705. The average Bonchev–Trinajstić information content (AvgIpc) is 2.70. The Balaban J connectivity index is 1.92. The molecule has 0 saturated carbocycles. The lowest BCUT2D eigenvalue weighted by Crippen LogP contribution is -2.47. The maximum Gasteiger partial charge on any atom is 0.284 e. The van der Waals surface area contributed by atoms with Gasteiger partial charge < -0.3 is 10.3 Å². The summed E-state index contributed by atoms with van der Waals surface area (Å²) in [6, 6.07) is 12.5. The molecule has 0 spiro atoms. The normalized spacial score (nSPS) is 20.1. The highest BCUT2D eigenvalue weighted by Crippen LogP contribution is 2.43. The number of fused-ring (bicyclic) bond motifs is 1. The zero-order valence-corrected chi connectivity index (χ0v) is 11.8. The first-order chi connectivity index (χ1) is 10.4. The lowest BCUT2D eigenvalue weighted by Gasteiger charge is -2.33. The van der Waals surface area contributed by atoms with E-state index in [-0.39, 0.29) is 12.1 Å². The van der Waals surface area contributed by atoms with Crippen molar-refractivity contribution >= 4 is 17.1 Å². The first kappa shape index (κ1) is 14.2. The summed E-state index contributed by atoms with van der Waals surface area (Å²) in [7, 11) is 0. The second kappa shape index (κ2) is 4.88. The monoisotopic (exact) mass is 299 g/mol. The van der Waals surface area contributed by atoms with E-state index >= 15 is 0 Å². The second-order valence-corrected chi connectivity index (χ2v) is 5.39. The zero-order valence-electron chi connectivity index (χ0n) is 11.8.